The Morgan fingerprint density at radius 2 is 2.15 bits per heavy atom. The number of hydrogen-bond acceptors (Lipinski definition) is 5. The van der Waals surface area contributed by atoms with Crippen LogP contribution in [0.1, 0.15) is 11.6 Å². The van der Waals surface area contributed by atoms with Crippen LogP contribution in [0, 0.1) is 0 Å². The van der Waals surface area contributed by atoms with Crippen LogP contribution in [0.5, 0.6) is 0 Å². The summed E-state index contributed by atoms with van der Waals surface area (Å²) in [6.07, 6.45) is 1.30. The average molecular weight is 182 g/mol. The first-order valence-corrected chi connectivity index (χ1v) is 3.51. The van der Waals surface area contributed by atoms with Crippen molar-refractivity contribution in [3.8, 4) is 0 Å². The Morgan fingerprint density at radius 3 is 2.62 bits per heavy atom. The first kappa shape index (κ1) is 9.27. The van der Waals surface area contributed by atoms with Crippen LogP contribution >= 0.6 is 0 Å². The van der Waals surface area contributed by atoms with Crippen molar-refractivity contribution in [1.82, 2.24) is 4.98 Å². The second kappa shape index (κ2) is 3.28. The molecule has 6 heteroatoms. The Morgan fingerprint density at radius 1 is 1.54 bits per heavy atom. The van der Waals surface area contributed by atoms with E-state index >= 15 is 0 Å². The molecule has 1 aromatic heterocycles. The Labute approximate surface area is 74.4 Å². The van der Waals surface area contributed by atoms with E-state index in [9.17, 15) is 4.79 Å². The number of nitrogens with two attached hydrogens (primary N) is 3. The van der Waals surface area contributed by atoms with E-state index in [1.807, 2.05) is 0 Å². The lowest BCUT2D eigenvalue weighted by Gasteiger charge is -2.07. The number of carboxylic acid groups (broad SMARTS) is 1. The summed E-state index contributed by atoms with van der Waals surface area (Å²) in [5, 5.41) is 8.57. The minimum absolute atomic E-state index is 0.168. The highest BCUT2D eigenvalue weighted by atomic mass is 16.4. The minimum atomic E-state index is -1.13. The van der Waals surface area contributed by atoms with Gasteiger partial charge in [0.05, 0.1) is 5.69 Å². The second-order valence-electron chi connectivity index (χ2n) is 2.56. The molecule has 1 heterocycles. The van der Waals surface area contributed by atoms with Gasteiger partial charge in [-0.1, -0.05) is 0 Å². The first-order valence-electron chi connectivity index (χ1n) is 3.51. The van der Waals surface area contributed by atoms with Crippen LogP contribution in [0.3, 0.4) is 0 Å². The monoisotopic (exact) mass is 182 g/mol. The maximum absolute atomic E-state index is 10.5. The van der Waals surface area contributed by atoms with Crippen molar-refractivity contribution >= 4 is 17.5 Å². The number of pyridine rings is 1. The highest BCUT2D eigenvalue weighted by Crippen LogP contribution is 2.16. The second-order valence-corrected chi connectivity index (χ2v) is 2.56. The number of nitrogens with zero attached hydrogens (tertiary/aromatic N) is 1. The summed E-state index contributed by atoms with van der Waals surface area (Å²) < 4.78 is 0. The molecule has 0 saturated heterocycles. The number of nitrogen functional groups attached to an aromatic ring is 2. The first-order chi connectivity index (χ1) is 6.02. The summed E-state index contributed by atoms with van der Waals surface area (Å²) in [7, 11) is 0. The number of hydrogen-bond donors (Lipinski definition) is 4. The third kappa shape index (κ3) is 1.85. The van der Waals surface area contributed by atoms with Crippen molar-refractivity contribution in [3.63, 3.8) is 0 Å². The normalized spacial score (nSPS) is 12.4. The zero-order valence-electron chi connectivity index (χ0n) is 6.77. The van der Waals surface area contributed by atoms with Crippen molar-refractivity contribution in [2.24, 2.45) is 5.73 Å². The fraction of sp³-hybridized carbons (Fsp3) is 0.143. The molecule has 1 rings (SSSR count). The molecule has 7 N–H and O–H groups in total. The lowest BCUT2D eigenvalue weighted by atomic mass is 10.1. The van der Waals surface area contributed by atoms with Crippen LogP contribution in [0.4, 0.5) is 11.5 Å². The zero-order valence-corrected chi connectivity index (χ0v) is 6.77. The summed E-state index contributed by atoms with van der Waals surface area (Å²) in [6, 6.07) is 0.289. The van der Waals surface area contributed by atoms with Crippen LogP contribution in [0.15, 0.2) is 12.3 Å². The van der Waals surface area contributed by atoms with Gasteiger partial charge in [0.2, 0.25) is 0 Å². The van der Waals surface area contributed by atoms with E-state index in [0.717, 1.165) is 0 Å². The van der Waals surface area contributed by atoms with Gasteiger partial charge in [0, 0.05) is 11.8 Å². The minimum Gasteiger partial charge on any atom is -0.480 e. The summed E-state index contributed by atoms with van der Waals surface area (Å²) >= 11 is 0. The maximum atomic E-state index is 10.5. The number of aromatic nitrogens is 1. The number of aliphatic carboxylic acids is 1. The summed E-state index contributed by atoms with van der Waals surface area (Å²) in [5.41, 5.74) is 16.6. The van der Waals surface area contributed by atoms with E-state index in [1.54, 1.807) is 0 Å². The van der Waals surface area contributed by atoms with Gasteiger partial charge < -0.3 is 22.3 Å². The fourth-order valence-corrected chi connectivity index (χ4v) is 0.822. The van der Waals surface area contributed by atoms with Gasteiger partial charge in [-0.25, -0.2) is 4.98 Å². The van der Waals surface area contributed by atoms with Crippen LogP contribution in [0.25, 0.3) is 0 Å². The van der Waals surface area contributed by atoms with Crippen molar-refractivity contribution < 1.29 is 9.90 Å². The summed E-state index contributed by atoms with van der Waals surface area (Å²) in [5.74, 6) is -0.965. The quantitative estimate of drug-likeness (QED) is 0.480. The van der Waals surface area contributed by atoms with E-state index in [0.29, 0.717) is 5.56 Å². The topological polar surface area (TPSA) is 128 Å². The van der Waals surface area contributed by atoms with Gasteiger partial charge in [-0.15, -0.1) is 0 Å². The van der Waals surface area contributed by atoms with Crippen LogP contribution in [-0.4, -0.2) is 16.1 Å². The SMILES string of the molecule is Nc1cc([C@@H](N)C(=O)O)cnc1N. The molecule has 0 fully saturated rings. The third-order valence-electron chi connectivity index (χ3n) is 1.60. The van der Waals surface area contributed by atoms with E-state index in [-0.39, 0.29) is 11.5 Å². The molecule has 0 radical (unpaired) electrons. The molecule has 1 aromatic rings. The van der Waals surface area contributed by atoms with Gasteiger partial charge >= 0.3 is 5.97 Å². The Hall–Kier alpha value is -1.82. The standard InChI is InChI=1S/C7H10N4O2/c8-4-1-3(2-11-6(4)10)5(9)7(12)13/h1-2,5H,8-9H2,(H2,10,11)(H,12,13)/t5-/m1/s1. The largest absolute Gasteiger partial charge is 0.480 e. The number of anilines is 2. The number of rotatable bonds is 2. The van der Waals surface area contributed by atoms with E-state index < -0.39 is 12.0 Å². The maximum Gasteiger partial charge on any atom is 0.325 e. The molecule has 0 spiro atoms. The zero-order chi connectivity index (χ0) is 10.0. The molecule has 6 nitrogen and oxygen atoms in total. The average Bonchev–Trinajstić information content (AvgIpc) is 2.08. The molecule has 70 valence electrons. The van der Waals surface area contributed by atoms with Gasteiger partial charge in [0.25, 0.3) is 0 Å². The van der Waals surface area contributed by atoms with E-state index in [4.69, 9.17) is 22.3 Å². The lowest BCUT2D eigenvalue weighted by molar-refractivity contribution is -0.138. The van der Waals surface area contributed by atoms with Crippen molar-refractivity contribution in [3.05, 3.63) is 17.8 Å². The molecule has 0 aromatic carbocycles. The lowest BCUT2D eigenvalue weighted by Crippen LogP contribution is -2.21. The summed E-state index contributed by atoms with van der Waals surface area (Å²) in [4.78, 5) is 14.2. The van der Waals surface area contributed by atoms with Crippen LogP contribution < -0.4 is 17.2 Å². The molecular formula is C7H10N4O2. The number of carboxylic acids is 1. The highest BCUT2D eigenvalue weighted by molar-refractivity contribution is 5.76. The molecule has 0 saturated carbocycles. The van der Waals surface area contributed by atoms with E-state index in [2.05, 4.69) is 4.98 Å². The molecular weight excluding hydrogens is 172 g/mol. The Balaban J connectivity index is 3.03. The van der Waals surface area contributed by atoms with Gasteiger partial charge in [0.1, 0.15) is 11.9 Å². The van der Waals surface area contributed by atoms with Gasteiger partial charge in [-0.3, -0.25) is 4.79 Å². The smallest absolute Gasteiger partial charge is 0.325 e. The van der Waals surface area contributed by atoms with Crippen molar-refractivity contribution in [2.45, 2.75) is 6.04 Å². The summed E-state index contributed by atoms with van der Waals surface area (Å²) in [6.45, 7) is 0. The van der Waals surface area contributed by atoms with Gasteiger partial charge in [-0.2, -0.15) is 0 Å². The highest BCUT2D eigenvalue weighted by Gasteiger charge is 2.15. The fourth-order valence-electron chi connectivity index (χ4n) is 0.822. The van der Waals surface area contributed by atoms with Crippen molar-refractivity contribution in [1.29, 1.82) is 0 Å². The van der Waals surface area contributed by atoms with Gasteiger partial charge in [0.15, 0.2) is 0 Å². The predicted octanol–water partition coefficient (Wildman–Crippen LogP) is -0.670. The molecule has 0 aliphatic carbocycles. The van der Waals surface area contributed by atoms with Crippen molar-refractivity contribution in [2.75, 3.05) is 11.5 Å². The molecule has 13 heavy (non-hydrogen) atoms. The molecule has 0 bridgehead atoms. The van der Waals surface area contributed by atoms with Crippen LogP contribution in [-0.2, 0) is 4.79 Å². The Kier molecular flexibility index (Phi) is 2.34. The molecule has 0 aliphatic rings. The Bertz CT molecular complexity index is 339. The molecule has 0 aliphatic heterocycles. The molecule has 0 unspecified atom stereocenters. The third-order valence-corrected chi connectivity index (χ3v) is 1.60. The van der Waals surface area contributed by atoms with E-state index in [1.165, 1.54) is 12.3 Å². The number of carbonyl (C=O) groups is 1. The molecule has 0 amide bonds. The van der Waals surface area contributed by atoms with Crippen LogP contribution in [0.2, 0.25) is 0 Å². The van der Waals surface area contributed by atoms with Gasteiger partial charge in [-0.05, 0) is 6.07 Å². The predicted molar refractivity (Wildman–Crippen MR) is 47.6 cm³/mol. The molecule has 1 atom stereocenters.